The highest BCUT2D eigenvalue weighted by atomic mass is 16.6. The summed E-state index contributed by atoms with van der Waals surface area (Å²) in [5.74, 6) is 0.953. The molecule has 1 aromatic carbocycles. The zero-order chi connectivity index (χ0) is 15.1. The second-order valence-corrected chi connectivity index (χ2v) is 5.70. The van der Waals surface area contributed by atoms with Crippen molar-refractivity contribution in [3.63, 3.8) is 0 Å². The van der Waals surface area contributed by atoms with Crippen molar-refractivity contribution in [2.75, 3.05) is 13.2 Å². The first-order valence-corrected chi connectivity index (χ1v) is 7.81. The van der Waals surface area contributed by atoms with Crippen molar-refractivity contribution in [1.29, 1.82) is 0 Å². The number of nitro benzene ring substituents is 1. The van der Waals surface area contributed by atoms with E-state index < -0.39 is 0 Å². The van der Waals surface area contributed by atoms with E-state index in [4.69, 9.17) is 4.74 Å². The Balaban J connectivity index is 2.02. The van der Waals surface area contributed by atoms with Crippen molar-refractivity contribution in [2.24, 2.45) is 5.92 Å². The number of ether oxygens (including phenoxy) is 1. The largest absolute Gasteiger partial charge is 0.487 e. The maximum Gasteiger partial charge on any atom is 0.310 e. The van der Waals surface area contributed by atoms with Gasteiger partial charge in [0.15, 0.2) is 5.75 Å². The van der Waals surface area contributed by atoms with Gasteiger partial charge in [0.2, 0.25) is 0 Å². The monoisotopic (exact) mass is 292 g/mol. The average molecular weight is 292 g/mol. The first-order chi connectivity index (χ1) is 10.2. The number of nitrogens with one attached hydrogen (secondary N) is 1. The van der Waals surface area contributed by atoms with Crippen LogP contribution in [0.4, 0.5) is 5.69 Å². The van der Waals surface area contributed by atoms with E-state index in [-0.39, 0.29) is 10.6 Å². The Morgan fingerprint density at radius 2 is 2.14 bits per heavy atom. The van der Waals surface area contributed by atoms with Gasteiger partial charge >= 0.3 is 5.69 Å². The van der Waals surface area contributed by atoms with Crippen molar-refractivity contribution in [1.82, 2.24) is 5.32 Å². The molecule has 0 spiro atoms. The molecule has 1 saturated carbocycles. The van der Waals surface area contributed by atoms with Crippen LogP contribution in [0, 0.1) is 16.0 Å². The van der Waals surface area contributed by atoms with Crippen molar-refractivity contribution in [3.8, 4) is 5.75 Å². The fourth-order valence-corrected chi connectivity index (χ4v) is 2.73. The summed E-state index contributed by atoms with van der Waals surface area (Å²) in [4.78, 5) is 10.7. The highest BCUT2D eigenvalue weighted by Gasteiger charge is 2.19. The normalized spacial score (nSPS) is 15.3. The third-order valence-corrected chi connectivity index (χ3v) is 3.93. The minimum absolute atomic E-state index is 0.0623. The van der Waals surface area contributed by atoms with Crippen molar-refractivity contribution in [3.05, 3.63) is 33.9 Å². The molecule has 1 aliphatic carbocycles. The Labute approximate surface area is 125 Å². The summed E-state index contributed by atoms with van der Waals surface area (Å²) in [6.45, 7) is 4.35. The molecule has 2 rings (SSSR count). The molecule has 5 heteroatoms. The lowest BCUT2D eigenvalue weighted by Gasteiger charge is -2.12. The maximum atomic E-state index is 11.1. The van der Waals surface area contributed by atoms with E-state index in [9.17, 15) is 10.1 Å². The van der Waals surface area contributed by atoms with E-state index in [1.54, 1.807) is 18.2 Å². The van der Waals surface area contributed by atoms with Gasteiger partial charge in [0.1, 0.15) is 0 Å². The second kappa shape index (κ2) is 7.98. The van der Waals surface area contributed by atoms with Crippen molar-refractivity contribution in [2.45, 2.75) is 45.6 Å². The summed E-state index contributed by atoms with van der Waals surface area (Å²) in [7, 11) is 0. The van der Waals surface area contributed by atoms with E-state index in [2.05, 4.69) is 12.2 Å². The molecule has 0 aliphatic heterocycles. The molecule has 0 amide bonds. The van der Waals surface area contributed by atoms with Crippen LogP contribution >= 0.6 is 0 Å². The highest BCUT2D eigenvalue weighted by molar-refractivity contribution is 5.48. The molecule has 5 nitrogen and oxygen atoms in total. The van der Waals surface area contributed by atoms with E-state index in [1.165, 1.54) is 25.7 Å². The smallest absolute Gasteiger partial charge is 0.310 e. The van der Waals surface area contributed by atoms with E-state index in [0.29, 0.717) is 24.8 Å². The van der Waals surface area contributed by atoms with Crippen molar-refractivity contribution >= 4 is 5.69 Å². The summed E-state index contributed by atoms with van der Waals surface area (Å²) in [6, 6.07) is 5.14. The van der Waals surface area contributed by atoms with Crippen molar-refractivity contribution < 1.29 is 9.66 Å². The van der Waals surface area contributed by atoms with Crippen LogP contribution in [0.15, 0.2) is 18.2 Å². The van der Waals surface area contributed by atoms with Gasteiger partial charge in [-0.05, 0) is 43.4 Å². The van der Waals surface area contributed by atoms with Crippen LogP contribution in [-0.2, 0) is 6.54 Å². The molecular formula is C16H24N2O3. The summed E-state index contributed by atoms with van der Waals surface area (Å²) in [6.07, 6.45) is 5.91. The van der Waals surface area contributed by atoms with E-state index >= 15 is 0 Å². The average Bonchev–Trinajstić information content (AvgIpc) is 2.98. The number of hydrogen-bond donors (Lipinski definition) is 1. The van der Waals surface area contributed by atoms with Crippen LogP contribution in [0.3, 0.4) is 0 Å². The molecule has 0 unspecified atom stereocenters. The zero-order valence-electron chi connectivity index (χ0n) is 12.6. The Morgan fingerprint density at radius 1 is 1.38 bits per heavy atom. The van der Waals surface area contributed by atoms with Crippen LogP contribution in [0.5, 0.6) is 5.75 Å². The minimum atomic E-state index is -0.368. The Bertz CT molecular complexity index is 471. The molecule has 0 radical (unpaired) electrons. The Kier molecular flexibility index (Phi) is 5.99. The van der Waals surface area contributed by atoms with Crippen LogP contribution in [0.1, 0.15) is 44.6 Å². The van der Waals surface area contributed by atoms with E-state index in [0.717, 1.165) is 18.5 Å². The van der Waals surface area contributed by atoms with E-state index in [1.807, 2.05) is 0 Å². The Hall–Kier alpha value is -1.62. The topological polar surface area (TPSA) is 64.4 Å². The summed E-state index contributed by atoms with van der Waals surface area (Å²) in [5.41, 5.74) is 1.09. The zero-order valence-corrected chi connectivity index (χ0v) is 12.6. The molecule has 0 aromatic heterocycles. The standard InChI is InChI=1S/C16H24N2O3/c1-2-9-17-11-14-7-8-15(18(19)20)16(10-14)21-12-13-5-3-4-6-13/h7-8,10,13,17H,2-6,9,11-12H2,1H3. The molecule has 1 aliphatic rings. The van der Waals surface area contributed by atoms with Crippen LogP contribution < -0.4 is 10.1 Å². The first-order valence-electron chi connectivity index (χ1n) is 7.81. The number of benzene rings is 1. The predicted molar refractivity (Wildman–Crippen MR) is 82.5 cm³/mol. The fourth-order valence-electron chi connectivity index (χ4n) is 2.73. The van der Waals surface area contributed by atoms with Crippen LogP contribution in [-0.4, -0.2) is 18.1 Å². The van der Waals surface area contributed by atoms with Gasteiger partial charge in [-0.15, -0.1) is 0 Å². The fraction of sp³-hybridized carbons (Fsp3) is 0.625. The maximum absolute atomic E-state index is 11.1. The minimum Gasteiger partial charge on any atom is -0.487 e. The van der Waals surface area contributed by atoms with Gasteiger partial charge in [0.25, 0.3) is 0 Å². The molecule has 116 valence electrons. The molecule has 1 aromatic rings. The SMILES string of the molecule is CCCNCc1ccc([N+](=O)[O-])c(OCC2CCCC2)c1. The molecule has 0 heterocycles. The predicted octanol–water partition coefficient (Wildman–Crippen LogP) is 3.66. The highest BCUT2D eigenvalue weighted by Crippen LogP contribution is 2.31. The van der Waals surface area contributed by atoms with Crippen LogP contribution in [0.25, 0.3) is 0 Å². The van der Waals surface area contributed by atoms with Gasteiger partial charge in [-0.3, -0.25) is 10.1 Å². The summed E-state index contributed by atoms with van der Waals surface area (Å²) < 4.78 is 5.76. The molecule has 21 heavy (non-hydrogen) atoms. The molecule has 0 saturated heterocycles. The molecular weight excluding hydrogens is 268 g/mol. The van der Waals surface area contributed by atoms with Crippen LogP contribution in [0.2, 0.25) is 0 Å². The Morgan fingerprint density at radius 3 is 2.81 bits per heavy atom. The van der Waals surface area contributed by atoms with Gasteiger partial charge in [0.05, 0.1) is 11.5 Å². The lowest BCUT2D eigenvalue weighted by molar-refractivity contribution is -0.385. The number of rotatable bonds is 8. The van der Waals surface area contributed by atoms with Gasteiger partial charge in [-0.1, -0.05) is 25.8 Å². The number of nitro groups is 1. The lowest BCUT2D eigenvalue weighted by atomic mass is 10.1. The summed E-state index contributed by atoms with van der Waals surface area (Å²) >= 11 is 0. The first kappa shape index (κ1) is 15.8. The lowest BCUT2D eigenvalue weighted by Crippen LogP contribution is -2.14. The quantitative estimate of drug-likeness (QED) is 0.451. The molecule has 0 bridgehead atoms. The van der Waals surface area contributed by atoms with Gasteiger partial charge in [0, 0.05) is 12.6 Å². The molecule has 0 atom stereocenters. The third kappa shape index (κ3) is 4.70. The third-order valence-electron chi connectivity index (χ3n) is 3.93. The second-order valence-electron chi connectivity index (χ2n) is 5.70. The van der Waals surface area contributed by atoms with Gasteiger partial charge in [-0.2, -0.15) is 0 Å². The summed E-state index contributed by atoms with van der Waals surface area (Å²) in [5, 5.41) is 14.4. The van der Waals surface area contributed by atoms with Gasteiger partial charge < -0.3 is 10.1 Å². The molecule has 1 N–H and O–H groups in total. The van der Waals surface area contributed by atoms with Gasteiger partial charge in [-0.25, -0.2) is 0 Å². The molecule has 1 fully saturated rings. The number of nitrogens with zero attached hydrogens (tertiary/aromatic N) is 1. The number of hydrogen-bond acceptors (Lipinski definition) is 4.